The molecule has 0 aliphatic heterocycles. The number of benzene rings is 1. The molecule has 0 N–H and O–H groups in total. The molecule has 1 rings (SSSR count). The first kappa shape index (κ1) is 16.2. The molecular formula is C18H23NO. The van der Waals surface area contributed by atoms with Crippen molar-refractivity contribution in [2.45, 2.75) is 46.0 Å². The van der Waals surface area contributed by atoms with Crippen molar-refractivity contribution in [3.05, 3.63) is 47.0 Å². The van der Waals surface area contributed by atoms with Gasteiger partial charge in [-0.1, -0.05) is 37.6 Å². The molecule has 2 unspecified atom stereocenters. The van der Waals surface area contributed by atoms with Gasteiger partial charge in [0.1, 0.15) is 6.29 Å². The van der Waals surface area contributed by atoms with Crippen molar-refractivity contribution in [2.24, 2.45) is 5.92 Å². The summed E-state index contributed by atoms with van der Waals surface area (Å²) in [5.74, 6) is 0.0289. The van der Waals surface area contributed by atoms with Gasteiger partial charge in [0, 0.05) is 5.92 Å². The maximum absolute atomic E-state index is 11.0. The highest BCUT2D eigenvalue weighted by Gasteiger charge is 2.27. The minimum absolute atomic E-state index is 0.0289. The van der Waals surface area contributed by atoms with Crippen LogP contribution >= 0.6 is 0 Å². The number of aldehydes is 1. The first-order chi connectivity index (χ1) is 9.41. The summed E-state index contributed by atoms with van der Waals surface area (Å²) in [5.41, 5.74) is 3.05. The second kappa shape index (κ2) is 7.05. The van der Waals surface area contributed by atoms with Crippen LogP contribution in [0.1, 0.15) is 51.7 Å². The minimum Gasteiger partial charge on any atom is -0.303 e. The largest absolute Gasteiger partial charge is 0.303 e. The number of rotatable bonds is 6. The molecule has 0 aliphatic carbocycles. The van der Waals surface area contributed by atoms with Gasteiger partial charge in [-0.05, 0) is 49.8 Å². The smallest absolute Gasteiger partial charge is 0.122 e. The molecule has 106 valence electrons. The van der Waals surface area contributed by atoms with E-state index in [1.165, 1.54) is 11.1 Å². The molecule has 0 radical (unpaired) electrons. The van der Waals surface area contributed by atoms with E-state index < -0.39 is 0 Å². The lowest BCUT2D eigenvalue weighted by Crippen LogP contribution is -2.25. The molecule has 0 amide bonds. The zero-order valence-corrected chi connectivity index (χ0v) is 12.8. The number of allylic oxidation sites excluding steroid dienone is 2. The molecule has 1 aromatic carbocycles. The van der Waals surface area contributed by atoms with Crippen LogP contribution in [0, 0.1) is 17.2 Å². The second-order valence-electron chi connectivity index (χ2n) is 6.05. The van der Waals surface area contributed by atoms with E-state index in [-0.39, 0.29) is 11.3 Å². The summed E-state index contributed by atoms with van der Waals surface area (Å²) in [6.45, 7) is 8.32. The lowest BCUT2D eigenvalue weighted by Gasteiger charge is -2.31. The summed E-state index contributed by atoms with van der Waals surface area (Å²) >= 11 is 0. The predicted octanol–water partition coefficient (Wildman–Crippen LogP) is 4.40. The molecule has 2 heteroatoms. The molecule has 20 heavy (non-hydrogen) atoms. The van der Waals surface area contributed by atoms with E-state index in [1.54, 1.807) is 0 Å². The van der Waals surface area contributed by atoms with Gasteiger partial charge in [0.15, 0.2) is 0 Å². The monoisotopic (exact) mass is 269 g/mol. The van der Waals surface area contributed by atoms with E-state index in [1.807, 2.05) is 31.2 Å². The van der Waals surface area contributed by atoms with Gasteiger partial charge in [-0.2, -0.15) is 5.26 Å². The number of nitrogens with zero attached hydrogens (tertiary/aromatic N) is 1. The number of nitriles is 1. The Bertz CT molecular complexity index is 517. The molecule has 0 spiro atoms. The Labute approximate surface area is 122 Å². The van der Waals surface area contributed by atoms with Crippen LogP contribution in [0.15, 0.2) is 35.9 Å². The fourth-order valence-corrected chi connectivity index (χ4v) is 2.45. The van der Waals surface area contributed by atoms with Crippen molar-refractivity contribution in [3.8, 4) is 6.07 Å². The maximum atomic E-state index is 11.0. The second-order valence-corrected chi connectivity index (χ2v) is 6.05. The van der Waals surface area contributed by atoms with Crippen molar-refractivity contribution in [1.29, 1.82) is 5.26 Å². The zero-order valence-electron chi connectivity index (χ0n) is 12.8. The van der Waals surface area contributed by atoms with Crippen LogP contribution in [0.3, 0.4) is 0 Å². The van der Waals surface area contributed by atoms with Crippen molar-refractivity contribution in [3.63, 3.8) is 0 Å². The van der Waals surface area contributed by atoms with E-state index >= 15 is 0 Å². The normalized spacial score (nSPS) is 14.8. The van der Waals surface area contributed by atoms with Gasteiger partial charge in [0.25, 0.3) is 0 Å². The van der Waals surface area contributed by atoms with Gasteiger partial charge >= 0.3 is 0 Å². The third-order valence-electron chi connectivity index (χ3n) is 3.68. The van der Waals surface area contributed by atoms with E-state index in [4.69, 9.17) is 5.26 Å². The van der Waals surface area contributed by atoms with E-state index in [0.29, 0.717) is 5.56 Å². The standard InChI is InChI=1S/C18H23NO/c1-14(2)9-10-18(4,11-15(3)13-20)17-7-5-16(12-19)6-8-17/h5-9,13,15H,10-11H2,1-4H3. The zero-order chi connectivity index (χ0) is 15.2. The summed E-state index contributed by atoms with van der Waals surface area (Å²) in [7, 11) is 0. The SMILES string of the molecule is CC(C)=CCC(C)(CC(C)C=O)c1ccc(C#N)cc1. The van der Waals surface area contributed by atoms with E-state index in [9.17, 15) is 4.79 Å². The quantitative estimate of drug-likeness (QED) is 0.567. The number of carbonyl (C=O) groups excluding carboxylic acids is 1. The highest BCUT2D eigenvalue weighted by atomic mass is 16.1. The highest BCUT2D eigenvalue weighted by molar-refractivity contribution is 5.53. The summed E-state index contributed by atoms with van der Waals surface area (Å²) in [4.78, 5) is 11.0. The van der Waals surface area contributed by atoms with Crippen LogP contribution in [-0.4, -0.2) is 6.29 Å². The van der Waals surface area contributed by atoms with Crippen LogP contribution in [0.2, 0.25) is 0 Å². The van der Waals surface area contributed by atoms with Crippen LogP contribution < -0.4 is 0 Å². The lowest BCUT2D eigenvalue weighted by atomic mass is 9.73. The van der Waals surface area contributed by atoms with Crippen molar-refractivity contribution in [1.82, 2.24) is 0 Å². The molecule has 2 nitrogen and oxygen atoms in total. The predicted molar refractivity (Wildman–Crippen MR) is 82.4 cm³/mol. The average Bonchev–Trinajstić information content (AvgIpc) is 2.45. The fourth-order valence-electron chi connectivity index (χ4n) is 2.45. The lowest BCUT2D eigenvalue weighted by molar-refractivity contribution is -0.111. The van der Waals surface area contributed by atoms with E-state index in [2.05, 4.69) is 32.9 Å². The number of carbonyl (C=O) groups is 1. The molecule has 0 aromatic heterocycles. The third kappa shape index (κ3) is 4.35. The summed E-state index contributed by atoms with van der Waals surface area (Å²) in [6.07, 6.45) is 4.95. The Kier molecular flexibility index (Phi) is 5.70. The van der Waals surface area contributed by atoms with Crippen molar-refractivity contribution < 1.29 is 4.79 Å². The van der Waals surface area contributed by atoms with Crippen molar-refractivity contribution >= 4 is 6.29 Å². The van der Waals surface area contributed by atoms with Crippen molar-refractivity contribution in [2.75, 3.05) is 0 Å². The summed E-state index contributed by atoms with van der Waals surface area (Å²) in [5, 5.41) is 8.89. The molecule has 0 bridgehead atoms. The van der Waals surface area contributed by atoms with Gasteiger partial charge in [0.2, 0.25) is 0 Å². The molecular weight excluding hydrogens is 246 g/mol. The van der Waals surface area contributed by atoms with Crippen LogP contribution in [0.25, 0.3) is 0 Å². The van der Waals surface area contributed by atoms with Gasteiger partial charge in [0.05, 0.1) is 11.6 Å². The Balaban J connectivity index is 3.10. The molecule has 0 saturated carbocycles. The Hall–Kier alpha value is -1.88. The molecule has 2 atom stereocenters. The Morgan fingerprint density at radius 3 is 2.40 bits per heavy atom. The van der Waals surface area contributed by atoms with Gasteiger partial charge < -0.3 is 4.79 Å². The summed E-state index contributed by atoms with van der Waals surface area (Å²) < 4.78 is 0. The highest BCUT2D eigenvalue weighted by Crippen LogP contribution is 2.35. The maximum Gasteiger partial charge on any atom is 0.122 e. The molecule has 0 saturated heterocycles. The molecule has 0 fully saturated rings. The Morgan fingerprint density at radius 1 is 1.35 bits per heavy atom. The van der Waals surface area contributed by atoms with Crippen LogP contribution in [0.4, 0.5) is 0 Å². The number of hydrogen-bond donors (Lipinski definition) is 0. The molecule has 1 aromatic rings. The first-order valence-corrected chi connectivity index (χ1v) is 7.00. The molecule has 0 aliphatic rings. The molecule has 0 heterocycles. The Morgan fingerprint density at radius 2 is 1.95 bits per heavy atom. The van der Waals surface area contributed by atoms with Crippen LogP contribution in [0.5, 0.6) is 0 Å². The average molecular weight is 269 g/mol. The van der Waals surface area contributed by atoms with Gasteiger partial charge in [-0.15, -0.1) is 0 Å². The minimum atomic E-state index is -0.0778. The topological polar surface area (TPSA) is 40.9 Å². The van der Waals surface area contributed by atoms with E-state index in [0.717, 1.165) is 19.1 Å². The third-order valence-corrected chi connectivity index (χ3v) is 3.68. The van der Waals surface area contributed by atoms with Crippen LogP contribution in [-0.2, 0) is 10.2 Å². The fraction of sp³-hybridized carbons (Fsp3) is 0.444. The van der Waals surface area contributed by atoms with Gasteiger partial charge in [-0.3, -0.25) is 0 Å². The number of hydrogen-bond acceptors (Lipinski definition) is 2. The first-order valence-electron chi connectivity index (χ1n) is 7.00. The van der Waals surface area contributed by atoms with Gasteiger partial charge in [-0.25, -0.2) is 0 Å². The summed E-state index contributed by atoms with van der Waals surface area (Å²) in [6, 6.07) is 9.86.